The summed E-state index contributed by atoms with van der Waals surface area (Å²) >= 11 is 5.82. The van der Waals surface area contributed by atoms with E-state index in [2.05, 4.69) is 15.7 Å². The first-order valence-corrected chi connectivity index (χ1v) is 8.48. The van der Waals surface area contributed by atoms with Gasteiger partial charge >= 0.3 is 0 Å². The fraction of sp³-hybridized carbons (Fsp3) is 0.105. The van der Waals surface area contributed by atoms with E-state index in [0.717, 1.165) is 6.07 Å². The lowest BCUT2D eigenvalue weighted by Gasteiger charge is -2.13. The molecule has 0 radical (unpaired) electrons. The standard InChI is InChI=1S/C19H16ClFN4O2/c1-12(25-9-3-8-22-25)18(26)23-14-4-2-5-15(11-14)24-19(27)16-10-13(20)6-7-17(16)21/h2-12H,1H3,(H,23,26)(H,24,27). The molecule has 138 valence electrons. The Morgan fingerprint density at radius 2 is 1.85 bits per heavy atom. The van der Waals surface area contributed by atoms with Crippen molar-refractivity contribution in [3.05, 3.63) is 77.3 Å². The van der Waals surface area contributed by atoms with E-state index in [1.54, 1.807) is 49.6 Å². The molecule has 8 heteroatoms. The van der Waals surface area contributed by atoms with E-state index in [9.17, 15) is 14.0 Å². The second kappa shape index (κ2) is 8.01. The van der Waals surface area contributed by atoms with E-state index < -0.39 is 17.8 Å². The van der Waals surface area contributed by atoms with Crippen molar-refractivity contribution in [2.75, 3.05) is 10.6 Å². The molecule has 2 N–H and O–H groups in total. The lowest BCUT2D eigenvalue weighted by Crippen LogP contribution is -2.24. The smallest absolute Gasteiger partial charge is 0.258 e. The number of hydrogen-bond donors (Lipinski definition) is 2. The Labute approximate surface area is 160 Å². The van der Waals surface area contributed by atoms with E-state index >= 15 is 0 Å². The van der Waals surface area contributed by atoms with E-state index in [-0.39, 0.29) is 16.5 Å². The highest BCUT2D eigenvalue weighted by Gasteiger charge is 2.16. The summed E-state index contributed by atoms with van der Waals surface area (Å²) in [5, 5.41) is 9.64. The predicted octanol–water partition coefficient (Wildman–Crippen LogP) is 4.13. The van der Waals surface area contributed by atoms with E-state index in [1.165, 1.54) is 16.8 Å². The van der Waals surface area contributed by atoms with Crippen LogP contribution in [0.4, 0.5) is 15.8 Å². The largest absolute Gasteiger partial charge is 0.324 e. The fourth-order valence-electron chi connectivity index (χ4n) is 2.42. The van der Waals surface area contributed by atoms with Gasteiger partial charge in [0.05, 0.1) is 5.56 Å². The number of benzene rings is 2. The Balaban J connectivity index is 1.71. The van der Waals surface area contributed by atoms with Gasteiger partial charge in [-0.2, -0.15) is 5.10 Å². The fourth-order valence-corrected chi connectivity index (χ4v) is 2.59. The van der Waals surface area contributed by atoms with Gasteiger partial charge < -0.3 is 10.6 Å². The summed E-state index contributed by atoms with van der Waals surface area (Å²) < 4.78 is 15.3. The number of carbonyl (C=O) groups excluding carboxylic acids is 2. The van der Waals surface area contributed by atoms with Crippen molar-refractivity contribution in [2.24, 2.45) is 0 Å². The minimum atomic E-state index is -0.672. The highest BCUT2D eigenvalue weighted by Crippen LogP contribution is 2.20. The Kier molecular flexibility index (Phi) is 5.52. The quantitative estimate of drug-likeness (QED) is 0.692. The summed E-state index contributed by atoms with van der Waals surface area (Å²) in [4.78, 5) is 24.6. The maximum absolute atomic E-state index is 13.8. The third-order valence-electron chi connectivity index (χ3n) is 3.86. The molecule has 0 saturated carbocycles. The van der Waals surface area contributed by atoms with Gasteiger partial charge in [-0.15, -0.1) is 0 Å². The van der Waals surface area contributed by atoms with Crippen LogP contribution < -0.4 is 10.6 Å². The summed E-state index contributed by atoms with van der Waals surface area (Å²) in [7, 11) is 0. The van der Waals surface area contributed by atoms with E-state index in [0.29, 0.717) is 11.4 Å². The van der Waals surface area contributed by atoms with Crippen molar-refractivity contribution < 1.29 is 14.0 Å². The van der Waals surface area contributed by atoms with Crippen LogP contribution in [-0.2, 0) is 4.79 Å². The zero-order valence-electron chi connectivity index (χ0n) is 14.3. The van der Waals surface area contributed by atoms with Gasteiger partial charge in [-0.05, 0) is 49.4 Å². The number of halogens is 2. The summed E-state index contributed by atoms with van der Waals surface area (Å²) in [5.41, 5.74) is 0.733. The van der Waals surface area contributed by atoms with Gasteiger partial charge in [0.1, 0.15) is 11.9 Å². The Morgan fingerprint density at radius 1 is 1.11 bits per heavy atom. The molecule has 0 fully saturated rings. The Bertz CT molecular complexity index is 976. The van der Waals surface area contributed by atoms with E-state index in [1.807, 2.05) is 0 Å². The van der Waals surface area contributed by atoms with Gasteiger partial charge in [0.2, 0.25) is 5.91 Å². The molecule has 3 aromatic rings. The number of nitrogens with one attached hydrogen (secondary N) is 2. The second-order valence-electron chi connectivity index (χ2n) is 5.81. The van der Waals surface area contributed by atoms with Crippen molar-refractivity contribution in [3.8, 4) is 0 Å². The lowest BCUT2D eigenvalue weighted by atomic mass is 10.2. The molecule has 1 unspecified atom stereocenters. The molecule has 0 aliphatic carbocycles. The van der Waals surface area contributed by atoms with Crippen LogP contribution >= 0.6 is 11.6 Å². The minimum Gasteiger partial charge on any atom is -0.324 e. The molecule has 27 heavy (non-hydrogen) atoms. The predicted molar refractivity (Wildman–Crippen MR) is 101 cm³/mol. The Hall–Kier alpha value is -3.19. The van der Waals surface area contributed by atoms with Crippen molar-refractivity contribution in [1.82, 2.24) is 9.78 Å². The highest BCUT2D eigenvalue weighted by atomic mass is 35.5. The second-order valence-corrected chi connectivity index (χ2v) is 6.25. The van der Waals surface area contributed by atoms with Crippen LogP contribution in [0.1, 0.15) is 23.3 Å². The van der Waals surface area contributed by atoms with Gasteiger partial charge in [-0.1, -0.05) is 17.7 Å². The SMILES string of the molecule is CC(C(=O)Nc1cccc(NC(=O)c2cc(Cl)ccc2F)c1)n1cccn1. The summed E-state index contributed by atoms with van der Waals surface area (Å²) in [6, 6.07) is 11.5. The summed E-state index contributed by atoms with van der Waals surface area (Å²) in [5.74, 6) is -1.57. The Morgan fingerprint density at radius 3 is 2.56 bits per heavy atom. The van der Waals surface area contributed by atoms with Crippen molar-refractivity contribution in [3.63, 3.8) is 0 Å². The first-order chi connectivity index (χ1) is 12.9. The topological polar surface area (TPSA) is 76.0 Å². The molecule has 2 aromatic carbocycles. The molecule has 0 aliphatic rings. The number of anilines is 2. The number of amides is 2. The summed E-state index contributed by atoms with van der Waals surface area (Å²) in [6.45, 7) is 1.72. The molecule has 3 rings (SSSR count). The molecule has 0 saturated heterocycles. The monoisotopic (exact) mass is 386 g/mol. The normalized spacial score (nSPS) is 11.7. The number of carbonyl (C=O) groups is 2. The van der Waals surface area contributed by atoms with Gasteiger partial charge in [0.25, 0.3) is 5.91 Å². The number of aromatic nitrogens is 2. The van der Waals surface area contributed by atoms with Gasteiger partial charge in [-0.3, -0.25) is 14.3 Å². The van der Waals surface area contributed by atoms with Crippen LogP contribution in [0.3, 0.4) is 0 Å². The maximum Gasteiger partial charge on any atom is 0.258 e. The third-order valence-corrected chi connectivity index (χ3v) is 4.10. The minimum absolute atomic E-state index is 0.163. The molecule has 2 amide bonds. The van der Waals surface area contributed by atoms with Crippen molar-refractivity contribution in [1.29, 1.82) is 0 Å². The molecular formula is C19H16ClFN4O2. The zero-order valence-corrected chi connectivity index (χ0v) is 15.1. The van der Waals surface area contributed by atoms with Crippen LogP contribution in [0, 0.1) is 5.82 Å². The number of nitrogens with zero attached hydrogens (tertiary/aromatic N) is 2. The average Bonchev–Trinajstić information content (AvgIpc) is 3.18. The zero-order chi connectivity index (χ0) is 19.4. The van der Waals surface area contributed by atoms with Crippen molar-refractivity contribution >= 4 is 34.8 Å². The van der Waals surface area contributed by atoms with Crippen LogP contribution in [0.2, 0.25) is 5.02 Å². The molecule has 0 aliphatic heterocycles. The third kappa shape index (κ3) is 4.51. The molecule has 6 nitrogen and oxygen atoms in total. The van der Waals surface area contributed by atoms with Crippen LogP contribution in [0.25, 0.3) is 0 Å². The first kappa shape index (κ1) is 18.6. The molecule has 1 atom stereocenters. The van der Waals surface area contributed by atoms with E-state index in [4.69, 9.17) is 11.6 Å². The molecular weight excluding hydrogens is 371 g/mol. The molecule has 0 spiro atoms. The molecule has 0 bridgehead atoms. The lowest BCUT2D eigenvalue weighted by molar-refractivity contribution is -0.119. The van der Waals surface area contributed by atoms with Gasteiger partial charge in [-0.25, -0.2) is 4.39 Å². The average molecular weight is 387 g/mol. The van der Waals surface area contributed by atoms with Crippen LogP contribution in [0.15, 0.2) is 60.9 Å². The number of rotatable bonds is 5. The first-order valence-electron chi connectivity index (χ1n) is 8.10. The highest BCUT2D eigenvalue weighted by molar-refractivity contribution is 6.31. The van der Waals surface area contributed by atoms with Crippen molar-refractivity contribution in [2.45, 2.75) is 13.0 Å². The molecule has 1 heterocycles. The maximum atomic E-state index is 13.8. The van der Waals surface area contributed by atoms with Gasteiger partial charge in [0.15, 0.2) is 0 Å². The number of hydrogen-bond acceptors (Lipinski definition) is 3. The van der Waals surface area contributed by atoms with Crippen LogP contribution in [0.5, 0.6) is 0 Å². The van der Waals surface area contributed by atoms with Gasteiger partial charge in [0, 0.05) is 28.8 Å². The van der Waals surface area contributed by atoms with Crippen LogP contribution in [-0.4, -0.2) is 21.6 Å². The summed E-state index contributed by atoms with van der Waals surface area (Å²) in [6.07, 6.45) is 3.29. The molecule has 1 aromatic heterocycles.